The summed E-state index contributed by atoms with van der Waals surface area (Å²) in [5.74, 6) is 1.27. The van der Waals surface area contributed by atoms with Crippen molar-refractivity contribution in [3.8, 4) is 0 Å². The van der Waals surface area contributed by atoms with Crippen molar-refractivity contribution in [2.24, 2.45) is 34.0 Å². The van der Waals surface area contributed by atoms with Crippen molar-refractivity contribution >= 4 is 5.97 Å². The first-order valence-electron chi connectivity index (χ1n) is 10.6. The summed E-state index contributed by atoms with van der Waals surface area (Å²) in [7, 11) is 0. The van der Waals surface area contributed by atoms with Gasteiger partial charge in [0.2, 0.25) is 0 Å². The minimum Gasteiger partial charge on any atom is -0.462 e. The number of aliphatic hydroxyl groups is 2. The molecule has 0 saturated heterocycles. The lowest BCUT2D eigenvalue weighted by atomic mass is 9.41. The number of hydrogen-bond donors (Lipinski definition) is 2. The van der Waals surface area contributed by atoms with Gasteiger partial charge in [-0.05, 0) is 80.0 Å². The molecule has 4 heteroatoms. The predicted octanol–water partition coefficient (Wildman–Crippen LogP) is 3.68. The Kier molecular flexibility index (Phi) is 4.11. The van der Waals surface area contributed by atoms with Crippen LogP contribution in [-0.2, 0) is 9.53 Å². The fourth-order valence-electron chi connectivity index (χ4n) is 8.42. The summed E-state index contributed by atoms with van der Waals surface area (Å²) in [5.41, 5.74) is -0.425. The molecule has 4 nitrogen and oxygen atoms in total. The largest absolute Gasteiger partial charge is 0.462 e. The topological polar surface area (TPSA) is 66.8 Å². The first-order chi connectivity index (χ1) is 12.1. The third-order valence-electron chi connectivity index (χ3n) is 9.39. The molecule has 2 bridgehead atoms. The van der Waals surface area contributed by atoms with Crippen LogP contribution in [0.1, 0.15) is 79.1 Å². The van der Waals surface area contributed by atoms with E-state index in [-0.39, 0.29) is 40.8 Å². The maximum Gasteiger partial charge on any atom is 0.302 e. The zero-order valence-corrected chi connectivity index (χ0v) is 16.9. The standard InChI is InChI=1S/C22H36O4/c1-14(24)26-18-8-9-20(4)16(19(18,2)3)7-10-21-11-15(5-6-17(20)21)22(25,12-21)13-23/h15-18,23,25H,5-13H2,1-4H3/t15-,16?,17?,18-,20+,21+,22+/m1/s1. The van der Waals surface area contributed by atoms with Crippen molar-refractivity contribution in [1.29, 1.82) is 0 Å². The molecule has 4 aliphatic rings. The Bertz CT molecular complexity index is 601. The highest BCUT2D eigenvalue weighted by atomic mass is 16.5. The van der Waals surface area contributed by atoms with Crippen LogP contribution in [0.2, 0.25) is 0 Å². The Morgan fingerprint density at radius 3 is 2.46 bits per heavy atom. The Hall–Kier alpha value is -0.610. The molecule has 0 aliphatic heterocycles. The number of esters is 1. The lowest BCUT2D eigenvalue weighted by Crippen LogP contribution is -2.59. The molecular weight excluding hydrogens is 328 g/mol. The van der Waals surface area contributed by atoms with Crippen LogP contribution in [0.3, 0.4) is 0 Å². The summed E-state index contributed by atoms with van der Waals surface area (Å²) in [6.07, 6.45) is 8.44. The van der Waals surface area contributed by atoms with Crippen LogP contribution >= 0.6 is 0 Å². The monoisotopic (exact) mass is 364 g/mol. The normalized spacial score (nSPS) is 52.1. The number of carbonyl (C=O) groups excluding carboxylic acids is 1. The smallest absolute Gasteiger partial charge is 0.302 e. The van der Waals surface area contributed by atoms with Crippen LogP contribution in [-0.4, -0.2) is 34.5 Å². The van der Waals surface area contributed by atoms with Crippen LogP contribution in [0, 0.1) is 34.0 Å². The molecule has 1 spiro atoms. The first-order valence-corrected chi connectivity index (χ1v) is 10.6. The average Bonchev–Trinajstić information content (AvgIpc) is 2.76. The average molecular weight is 365 g/mol. The van der Waals surface area contributed by atoms with Gasteiger partial charge in [-0.3, -0.25) is 4.79 Å². The third-order valence-corrected chi connectivity index (χ3v) is 9.39. The van der Waals surface area contributed by atoms with Gasteiger partial charge in [0, 0.05) is 12.3 Å². The number of ether oxygens (including phenoxy) is 1. The molecule has 4 fully saturated rings. The number of rotatable bonds is 2. The molecule has 0 heterocycles. The van der Waals surface area contributed by atoms with E-state index in [2.05, 4.69) is 20.8 Å². The Morgan fingerprint density at radius 2 is 1.81 bits per heavy atom. The Balaban J connectivity index is 1.66. The van der Waals surface area contributed by atoms with Crippen LogP contribution in [0.25, 0.3) is 0 Å². The minimum absolute atomic E-state index is 0.0109. The zero-order chi connectivity index (χ0) is 19.0. The summed E-state index contributed by atoms with van der Waals surface area (Å²) >= 11 is 0. The quantitative estimate of drug-likeness (QED) is 0.734. The van der Waals surface area contributed by atoms with Gasteiger partial charge >= 0.3 is 5.97 Å². The van der Waals surface area contributed by atoms with Crippen LogP contribution in [0.15, 0.2) is 0 Å². The van der Waals surface area contributed by atoms with E-state index in [0.717, 1.165) is 44.9 Å². The zero-order valence-electron chi connectivity index (χ0n) is 16.9. The van der Waals surface area contributed by atoms with Gasteiger partial charge in [0.15, 0.2) is 0 Å². The van der Waals surface area contributed by atoms with Crippen molar-refractivity contribution in [2.45, 2.75) is 90.8 Å². The SMILES string of the molecule is CC(=O)O[C@@H]1CC[C@@]2(C)C(CC[C@@]34C[C@@H](CCC32)[C@@](O)(CO)C4)C1(C)C. The predicted molar refractivity (Wildman–Crippen MR) is 99.3 cm³/mol. The lowest BCUT2D eigenvalue weighted by Gasteiger charge is -2.65. The highest BCUT2D eigenvalue weighted by Gasteiger charge is 2.68. The molecule has 0 radical (unpaired) electrons. The molecule has 7 atom stereocenters. The molecule has 4 saturated carbocycles. The summed E-state index contributed by atoms with van der Waals surface area (Å²) in [6, 6.07) is 0. The highest BCUT2D eigenvalue weighted by molar-refractivity contribution is 5.66. The van der Waals surface area contributed by atoms with Gasteiger partial charge in [-0.15, -0.1) is 0 Å². The first kappa shape index (κ1) is 18.7. The van der Waals surface area contributed by atoms with Gasteiger partial charge in [0.05, 0.1) is 12.2 Å². The van der Waals surface area contributed by atoms with Gasteiger partial charge in [0.1, 0.15) is 6.10 Å². The van der Waals surface area contributed by atoms with E-state index in [4.69, 9.17) is 4.74 Å². The summed E-state index contributed by atoms with van der Waals surface area (Å²) in [5, 5.41) is 20.9. The molecule has 148 valence electrons. The van der Waals surface area contributed by atoms with Crippen molar-refractivity contribution in [3.05, 3.63) is 0 Å². The molecular formula is C22H36O4. The second kappa shape index (κ2) is 5.70. The van der Waals surface area contributed by atoms with Crippen molar-refractivity contribution in [3.63, 3.8) is 0 Å². The maximum absolute atomic E-state index is 11.6. The van der Waals surface area contributed by atoms with Crippen LogP contribution < -0.4 is 0 Å². The number of hydrogen-bond acceptors (Lipinski definition) is 4. The number of carbonyl (C=O) groups is 1. The lowest BCUT2D eigenvalue weighted by molar-refractivity contribution is -0.197. The van der Waals surface area contributed by atoms with E-state index < -0.39 is 5.60 Å². The second-order valence-corrected chi connectivity index (χ2v) is 10.9. The molecule has 0 amide bonds. The number of fused-ring (bicyclic) bond motifs is 3. The van der Waals surface area contributed by atoms with Crippen molar-refractivity contribution in [1.82, 2.24) is 0 Å². The molecule has 0 aromatic rings. The van der Waals surface area contributed by atoms with Gasteiger partial charge < -0.3 is 14.9 Å². The Morgan fingerprint density at radius 1 is 1.08 bits per heavy atom. The van der Waals surface area contributed by atoms with E-state index >= 15 is 0 Å². The highest BCUT2D eigenvalue weighted by Crippen LogP contribution is 2.72. The second-order valence-electron chi connectivity index (χ2n) is 10.9. The van der Waals surface area contributed by atoms with Crippen molar-refractivity contribution < 1.29 is 19.7 Å². The third kappa shape index (κ3) is 2.37. The van der Waals surface area contributed by atoms with Crippen molar-refractivity contribution in [2.75, 3.05) is 6.61 Å². The van der Waals surface area contributed by atoms with E-state index in [0.29, 0.717) is 11.8 Å². The van der Waals surface area contributed by atoms with Gasteiger partial charge in [-0.2, -0.15) is 0 Å². The molecule has 2 N–H and O–H groups in total. The maximum atomic E-state index is 11.6. The van der Waals surface area contributed by atoms with Gasteiger partial charge in [-0.1, -0.05) is 20.8 Å². The molecule has 4 rings (SSSR count). The molecule has 0 aromatic carbocycles. The van der Waals surface area contributed by atoms with E-state index in [1.165, 1.54) is 13.3 Å². The van der Waals surface area contributed by atoms with Crippen LogP contribution in [0.5, 0.6) is 0 Å². The minimum atomic E-state index is -0.859. The van der Waals surface area contributed by atoms with Gasteiger partial charge in [-0.25, -0.2) is 0 Å². The summed E-state index contributed by atoms with van der Waals surface area (Å²) < 4.78 is 5.73. The fraction of sp³-hybridized carbons (Fsp3) is 0.955. The summed E-state index contributed by atoms with van der Waals surface area (Å²) in [6.45, 7) is 8.50. The van der Waals surface area contributed by atoms with Crippen LogP contribution in [0.4, 0.5) is 0 Å². The molecule has 4 aliphatic carbocycles. The summed E-state index contributed by atoms with van der Waals surface area (Å²) in [4.78, 5) is 11.6. The van der Waals surface area contributed by atoms with Gasteiger partial charge in [0.25, 0.3) is 0 Å². The molecule has 2 unspecified atom stereocenters. The molecule has 26 heavy (non-hydrogen) atoms. The fourth-order valence-corrected chi connectivity index (χ4v) is 8.42. The Labute approximate surface area is 157 Å². The molecule has 0 aromatic heterocycles. The number of aliphatic hydroxyl groups excluding tert-OH is 1. The van der Waals surface area contributed by atoms with E-state index in [1.54, 1.807) is 0 Å². The van der Waals surface area contributed by atoms with E-state index in [1.807, 2.05) is 0 Å². The van der Waals surface area contributed by atoms with E-state index in [9.17, 15) is 15.0 Å².